The van der Waals surface area contributed by atoms with E-state index in [0.717, 1.165) is 13.0 Å². The quantitative estimate of drug-likeness (QED) is 0.704. The first kappa shape index (κ1) is 16.4. The molecule has 0 aliphatic heterocycles. The maximum Gasteiger partial charge on any atom is 0.239 e. The van der Waals surface area contributed by atoms with Crippen molar-refractivity contribution < 1.29 is 9.53 Å². The van der Waals surface area contributed by atoms with Crippen molar-refractivity contribution in [2.24, 2.45) is 17.6 Å². The van der Waals surface area contributed by atoms with E-state index in [2.05, 4.69) is 27.7 Å². The summed E-state index contributed by atoms with van der Waals surface area (Å²) < 4.78 is 5.03. The Bertz CT molecular complexity index is 217. The smallest absolute Gasteiger partial charge is 0.239 e. The molecule has 1 atom stereocenters. The fourth-order valence-corrected chi connectivity index (χ4v) is 1.78. The lowest BCUT2D eigenvalue weighted by Gasteiger charge is -2.27. The van der Waals surface area contributed by atoms with E-state index >= 15 is 0 Å². The minimum atomic E-state index is -0.384. The number of nitrogens with two attached hydrogens (primary N) is 1. The zero-order chi connectivity index (χ0) is 13.4. The van der Waals surface area contributed by atoms with Gasteiger partial charge in [-0.3, -0.25) is 4.79 Å². The lowest BCUT2D eigenvalue weighted by molar-refractivity contribution is -0.134. The maximum atomic E-state index is 12.2. The van der Waals surface area contributed by atoms with Crippen molar-refractivity contribution in [1.82, 2.24) is 4.90 Å². The molecule has 0 saturated heterocycles. The van der Waals surface area contributed by atoms with Crippen molar-refractivity contribution in [3.8, 4) is 0 Å². The number of methoxy groups -OCH3 is 1. The van der Waals surface area contributed by atoms with Crippen LogP contribution in [0.4, 0.5) is 0 Å². The fraction of sp³-hybridized carbons (Fsp3) is 0.923. The van der Waals surface area contributed by atoms with Crippen molar-refractivity contribution in [3.63, 3.8) is 0 Å². The van der Waals surface area contributed by atoms with Gasteiger partial charge in [0, 0.05) is 20.2 Å². The van der Waals surface area contributed by atoms with E-state index in [4.69, 9.17) is 10.5 Å². The second kappa shape index (κ2) is 8.48. The van der Waals surface area contributed by atoms with E-state index in [-0.39, 0.29) is 11.9 Å². The summed E-state index contributed by atoms with van der Waals surface area (Å²) in [5.41, 5.74) is 5.93. The minimum absolute atomic E-state index is 0.0458. The van der Waals surface area contributed by atoms with E-state index in [0.29, 0.717) is 25.0 Å². The number of rotatable bonds is 8. The Labute approximate surface area is 105 Å². The number of amides is 1. The summed E-state index contributed by atoms with van der Waals surface area (Å²) in [6.07, 6.45) is 0.737. The summed E-state index contributed by atoms with van der Waals surface area (Å²) in [7, 11) is 1.64. The third-order valence-corrected chi connectivity index (χ3v) is 2.51. The molecule has 0 aromatic carbocycles. The Balaban J connectivity index is 4.38. The molecule has 0 bridgehead atoms. The molecule has 0 rings (SSSR count). The first-order valence-corrected chi connectivity index (χ1v) is 6.41. The van der Waals surface area contributed by atoms with Gasteiger partial charge >= 0.3 is 0 Å². The van der Waals surface area contributed by atoms with E-state index in [1.807, 2.05) is 4.90 Å². The van der Waals surface area contributed by atoms with Crippen molar-refractivity contribution in [1.29, 1.82) is 0 Å². The van der Waals surface area contributed by atoms with Gasteiger partial charge in [0.15, 0.2) is 0 Å². The van der Waals surface area contributed by atoms with Gasteiger partial charge in [-0.1, -0.05) is 27.7 Å². The Morgan fingerprint density at radius 1 is 1.24 bits per heavy atom. The molecule has 4 nitrogen and oxygen atoms in total. The lowest BCUT2D eigenvalue weighted by atomic mass is 10.0. The molecular formula is C13H28N2O2. The molecule has 102 valence electrons. The third-order valence-electron chi connectivity index (χ3n) is 2.51. The van der Waals surface area contributed by atoms with Crippen LogP contribution in [0.3, 0.4) is 0 Å². The van der Waals surface area contributed by atoms with Crippen LogP contribution < -0.4 is 5.73 Å². The molecule has 1 unspecified atom stereocenters. The Morgan fingerprint density at radius 2 is 1.82 bits per heavy atom. The summed E-state index contributed by atoms with van der Waals surface area (Å²) in [6.45, 7) is 10.3. The molecule has 0 saturated carbocycles. The van der Waals surface area contributed by atoms with Crippen molar-refractivity contribution in [2.45, 2.75) is 40.2 Å². The molecule has 0 aromatic heterocycles. The highest BCUT2D eigenvalue weighted by molar-refractivity contribution is 5.81. The second-order valence-electron chi connectivity index (χ2n) is 5.41. The van der Waals surface area contributed by atoms with Gasteiger partial charge in [0.05, 0.1) is 12.6 Å². The highest BCUT2D eigenvalue weighted by Crippen LogP contribution is 2.07. The van der Waals surface area contributed by atoms with E-state index in [9.17, 15) is 4.79 Å². The summed E-state index contributed by atoms with van der Waals surface area (Å²) in [5, 5.41) is 0. The van der Waals surface area contributed by atoms with Crippen LogP contribution in [0, 0.1) is 11.8 Å². The van der Waals surface area contributed by atoms with Crippen molar-refractivity contribution >= 4 is 5.91 Å². The monoisotopic (exact) mass is 244 g/mol. The Morgan fingerprint density at radius 3 is 2.24 bits per heavy atom. The largest absolute Gasteiger partial charge is 0.383 e. The SMILES string of the molecule is COCCN(CC(C)C)C(=O)C(N)CC(C)C. The number of hydrogen-bond donors (Lipinski definition) is 1. The summed E-state index contributed by atoms with van der Waals surface area (Å²) in [4.78, 5) is 14.0. The van der Waals surface area contributed by atoms with Gasteiger partial charge in [-0.05, 0) is 18.3 Å². The van der Waals surface area contributed by atoms with Crippen LogP contribution in [0.5, 0.6) is 0 Å². The van der Waals surface area contributed by atoms with Crippen LogP contribution in [-0.2, 0) is 9.53 Å². The van der Waals surface area contributed by atoms with Crippen LogP contribution in [0.15, 0.2) is 0 Å². The van der Waals surface area contributed by atoms with Gasteiger partial charge in [0.1, 0.15) is 0 Å². The van der Waals surface area contributed by atoms with Gasteiger partial charge in [-0.2, -0.15) is 0 Å². The van der Waals surface area contributed by atoms with Gasteiger partial charge in [0.2, 0.25) is 5.91 Å². The zero-order valence-electron chi connectivity index (χ0n) is 11.9. The van der Waals surface area contributed by atoms with Crippen LogP contribution in [0.25, 0.3) is 0 Å². The third kappa shape index (κ3) is 7.34. The van der Waals surface area contributed by atoms with Gasteiger partial charge in [-0.25, -0.2) is 0 Å². The van der Waals surface area contributed by atoms with E-state index in [1.165, 1.54) is 0 Å². The summed E-state index contributed by atoms with van der Waals surface area (Å²) in [5.74, 6) is 0.934. The average Bonchev–Trinajstić information content (AvgIpc) is 2.21. The lowest BCUT2D eigenvalue weighted by Crippen LogP contribution is -2.46. The van der Waals surface area contributed by atoms with Crippen LogP contribution in [-0.4, -0.2) is 43.7 Å². The molecule has 0 aromatic rings. The number of carbonyl (C=O) groups is 1. The second-order valence-corrected chi connectivity index (χ2v) is 5.41. The number of ether oxygens (including phenoxy) is 1. The molecule has 2 N–H and O–H groups in total. The highest BCUT2D eigenvalue weighted by Gasteiger charge is 2.22. The highest BCUT2D eigenvalue weighted by atomic mass is 16.5. The topological polar surface area (TPSA) is 55.6 Å². The molecule has 0 fully saturated rings. The predicted molar refractivity (Wildman–Crippen MR) is 70.7 cm³/mol. The van der Waals surface area contributed by atoms with E-state index in [1.54, 1.807) is 7.11 Å². The predicted octanol–water partition coefficient (Wildman–Crippen LogP) is 1.49. The standard InChI is InChI=1S/C13H28N2O2/c1-10(2)8-12(14)13(16)15(6-7-17-5)9-11(3)4/h10-12H,6-9,14H2,1-5H3. The molecule has 17 heavy (non-hydrogen) atoms. The molecule has 0 aliphatic rings. The van der Waals surface area contributed by atoms with Crippen LogP contribution >= 0.6 is 0 Å². The van der Waals surface area contributed by atoms with Crippen LogP contribution in [0.1, 0.15) is 34.1 Å². The molecule has 0 heterocycles. The fourth-order valence-electron chi connectivity index (χ4n) is 1.78. The minimum Gasteiger partial charge on any atom is -0.383 e. The van der Waals surface area contributed by atoms with Crippen molar-refractivity contribution in [3.05, 3.63) is 0 Å². The van der Waals surface area contributed by atoms with Crippen molar-refractivity contribution in [2.75, 3.05) is 26.8 Å². The normalized spacial score (nSPS) is 13.2. The first-order valence-electron chi connectivity index (χ1n) is 6.41. The summed E-state index contributed by atoms with van der Waals surface area (Å²) in [6, 6.07) is -0.384. The molecule has 0 spiro atoms. The average molecular weight is 244 g/mol. The van der Waals surface area contributed by atoms with E-state index < -0.39 is 0 Å². The van der Waals surface area contributed by atoms with Gasteiger partial charge in [-0.15, -0.1) is 0 Å². The molecule has 0 aliphatic carbocycles. The molecule has 1 amide bonds. The van der Waals surface area contributed by atoms with Gasteiger partial charge < -0.3 is 15.4 Å². The summed E-state index contributed by atoms with van der Waals surface area (Å²) >= 11 is 0. The zero-order valence-corrected chi connectivity index (χ0v) is 11.9. The molecule has 0 radical (unpaired) electrons. The van der Waals surface area contributed by atoms with Crippen LogP contribution in [0.2, 0.25) is 0 Å². The first-order chi connectivity index (χ1) is 7.88. The Hall–Kier alpha value is -0.610. The number of hydrogen-bond acceptors (Lipinski definition) is 3. The maximum absolute atomic E-state index is 12.2. The number of carbonyl (C=O) groups excluding carboxylic acids is 1. The number of nitrogens with zero attached hydrogens (tertiary/aromatic N) is 1. The Kier molecular flexibility index (Phi) is 8.17. The molecular weight excluding hydrogens is 216 g/mol. The van der Waals surface area contributed by atoms with Gasteiger partial charge in [0.25, 0.3) is 0 Å². The molecule has 4 heteroatoms.